The number of hydrogen-bond acceptors (Lipinski definition) is 2. The summed E-state index contributed by atoms with van der Waals surface area (Å²) in [4.78, 5) is 13.2. The van der Waals surface area contributed by atoms with Gasteiger partial charge in [-0.3, -0.25) is 4.79 Å². The van der Waals surface area contributed by atoms with Gasteiger partial charge in [0.05, 0.1) is 12.2 Å². The number of benzene rings is 1. The summed E-state index contributed by atoms with van der Waals surface area (Å²) in [5, 5.41) is 3.52. The van der Waals surface area contributed by atoms with Crippen LogP contribution >= 0.6 is 11.6 Å². The fourth-order valence-electron chi connectivity index (χ4n) is 1.86. The van der Waals surface area contributed by atoms with Gasteiger partial charge >= 0.3 is 0 Å². The van der Waals surface area contributed by atoms with Crippen molar-refractivity contribution in [2.75, 3.05) is 18.0 Å². The van der Waals surface area contributed by atoms with Crippen molar-refractivity contribution >= 4 is 23.2 Å². The second-order valence-electron chi connectivity index (χ2n) is 4.81. The molecule has 1 aromatic carbocycles. The Morgan fingerprint density at radius 3 is 2.88 bits per heavy atom. The van der Waals surface area contributed by atoms with Crippen molar-refractivity contribution in [1.29, 1.82) is 0 Å². The van der Waals surface area contributed by atoms with Gasteiger partial charge in [0, 0.05) is 17.1 Å². The third kappa shape index (κ3) is 2.58. The van der Waals surface area contributed by atoms with Crippen molar-refractivity contribution in [3.8, 4) is 0 Å². The van der Waals surface area contributed by atoms with Crippen LogP contribution in [0, 0.1) is 5.82 Å². The lowest BCUT2D eigenvalue weighted by Crippen LogP contribution is -2.60. The average molecular weight is 257 g/mol. The number of carbonyl (C=O) groups excluding carboxylic acids is 1. The minimum Gasteiger partial charge on any atom is -0.307 e. The molecule has 0 aromatic heterocycles. The molecule has 1 amide bonds. The maximum atomic E-state index is 13.7. The summed E-state index contributed by atoms with van der Waals surface area (Å²) >= 11 is 5.83. The van der Waals surface area contributed by atoms with Gasteiger partial charge in [-0.05, 0) is 32.0 Å². The third-order valence-electron chi connectivity index (χ3n) is 2.77. The van der Waals surface area contributed by atoms with Gasteiger partial charge in [-0.15, -0.1) is 0 Å². The smallest absolute Gasteiger partial charge is 0.241 e. The van der Waals surface area contributed by atoms with E-state index in [0.717, 1.165) is 0 Å². The first kappa shape index (κ1) is 12.3. The molecular formula is C12H14ClFN2O. The fourth-order valence-corrected chi connectivity index (χ4v) is 2.03. The van der Waals surface area contributed by atoms with Crippen LogP contribution in [-0.4, -0.2) is 24.5 Å². The van der Waals surface area contributed by atoms with Crippen molar-refractivity contribution in [3.63, 3.8) is 0 Å². The minimum atomic E-state index is -0.430. The normalized spacial score (nSPS) is 19.5. The summed E-state index contributed by atoms with van der Waals surface area (Å²) in [7, 11) is 0. The molecule has 0 spiro atoms. The second kappa shape index (κ2) is 4.27. The Bertz CT molecular complexity index is 462. The van der Waals surface area contributed by atoms with E-state index in [2.05, 4.69) is 5.32 Å². The van der Waals surface area contributed by atoms with Gasteiger partial charge in [0.1, 0.15) is 5.82 Å². The highest BCUT2D eigenvalue weighted by molar-refractivity contribution is 6.30. The van der Waals surface area contributed by atoms with E-state index in [1.54, 1.807) is 0 Å². The Hall–Kier alpha value is -1.13. The summed E-state index contributed by atoms with van der Waals surface area (Å²) < 4.78 is 13.7. The standard InChI is InChI=1S/C12H14ClFN2O/c1-12(2)7-16(11(17)6-15-12)10-5-8(13)3-4-9(10)14/h3-5,15H,6-7H2,1-2H3. The molecule has 0 bridgehead atoms. The van der Waals surface area contributed by atoms with Crippen LogP contribution in [0.4, 0.5) is 10.1 Å². The van der Waals surface area contributed by atoms with Crippen LogP contribution in [0.25, 0.3) is 0 Å². The van der Waals surface area contributed by atoms with E-state index in [0.29, 0.717) is 11.6 Å². The largest absolute Gasteiger partial charge is 0.307 e. The Balaban J connectivity index is 2.37. The summed E-state index contributed by atoms with van der Waals surface area (Å²) in [6.07, 6.45) is 0. The molecule has 0 atom stereocenters. The van der Waals surface area contributed by atoms with Gasteiger partial charge in [-0.25, -0.2) is 4.39 Å². The molecule has 1 aromatic rings. The van der Waals surface area contributed by atoms with Gasteiger partial charge in [-0.2, -0.15) is 0 Å². The number of piperazine rings is 1. The zero-order chi connectivity index (χ0) is 12.6. The van der Waals surface area contributed by atoms with Crippen molar-refractivity contribution < 1.29 is 9.18 Å². The molecule has 92 valence electrons. The predicted molar refractivity (Wildman–Crippen MR) is 65.8 cm³/mol. The van der Waals surface area contributed by atoms with Crippen molar-refractivity contribution in [3.05, 3.63) is 29.0 Å². The predicted octanol–water partition coefficient (Wildman–Crippen LogP) is 2.19. The Morgan fingerprint density at radius 1 is 1.47 bits per heavy atom. The van der Waals surface area contributed by atoms with Crippen molar-refractivity contribution in [1.82, 2.24) is 5.32 Å². The fraction of sp³-hybridized carbons (Fsp3) is 0.417. The van der Waals surface area contributed by atoms with Crippen LogP contribution < -0.4 is 10.2 Å². The van der Waals surface area contributed by atoms with E-state index < -0.39 is 5.82 Å². The molecule has 1 aliphatic rings. The molecule has 5 heteroatoms. The zero-order valence-corrected chi connectivity index (χ0v) is 10.5. The van der Waals surface area contributed by atoms with E-state index >= 15 is 0 Å². The summed E-state index contributed by atoms with van der Waals surface area (Å²) in [6, 6.07) is 4.23. The minimum absolute atomic E-state index is 0.148. The Labute approximate surface area is 105 Å². The van der Waals surface area contributed by atoms with Crippen LogP contribution in [0.5, 0.6) is 0 Å². The zero-order valence-electron chi connectivity index (χ0n) is 9.76. The third-order valence-corrected chi connectivity index (χ3v) is 3.01. The van der Waals surface area contributed by atoms with E-state index in [1.165, 1.54) is 23.1 Å². The molecule has 0 unspecified atom stereocenters. The molecule has 3 nitrogen and oxygen atoms in total. The summed E-state index contributed by atoms with van der Waals surface area (Å²) in [5.41, 5.74) is 0.0138. The highest BCUT2D eigenvalue weighted by atomic mass is 35.5. The van der Waals surface area contributed by atoms with Crippen molar-refractivity contribution in [2.24, 2.45) is 0 Å². The topological polar surface area (TPSA) is 32.3 Å². The maximum absolute atomic E-state index is 13.7. The maximum Gasteiger partial charge on any atom is 0.241 e. The number of halogens is 2. The molecular weight excluding hydrogens is 243 g/mol. The monoisotopic (exact) mass is 256 g/mol. The van der Waals surface area contributed by atoms with E-state index in [1.807, 2.05) is 13.8 Å². The first-order valence-corrected chi connectivity index (χ1v) is 5.77. The molecule has 0 aliphatic carbocycles. The molecule has 2 rings (SSSR count). The number of rotatable bonds is 1. The molecule has 1 fully saturated rings. The Kier molecular flexibility index (Phi) is 3.10. The first-order chi connectivity index (χ1) is 7.89. The highest BCUT2D eigenvalue weighted by Crippen LogP contribution is 2.26. The number of anilines is 1. The molecule has 1 aliphatic heterocycles. The molecule has 17 heavy (non-hydrogen) atoms. The molecule has 1 heterocycles. The van der Waals surface area contributed by atoms with Gasteiger partial charge in [0.2, 0.25) is 5.91 Å². The lowest BCUT2D eigenvalue weighted by molar-refractivity contribution is -0.119. The van der Waals surface area contributed by atoms with Gasteiger partial charge < -0.3 is 10.2 Å². The van der Waals surface area contributed by atoms with Crippen LogP contribution in [0.1, 0.15) is 13.8 Å². The summed E-state index contributed by atoms with van der Waals surface area (Å²) in [5.74, 6) is -0.578. The second-order valence-corrected chi connectivity index (χ2v) is 5.25. The lowest BCUT2D eigenvalue weighted by atomic mass is 10.0. The van der Waals surface area contributed by atoms with Crippen LogP contribution in [0.2, 0.25) is 5.02 Å². The van der Waals surface area contributed by atoms with Crippen molar-refractivity contribution in [2.45, 2.75) is 19.4 Å². The van der Waals surface area contributed by atoms with E-state index in [9.17, 15) is 9.18 Å². The Morgan fingerprint density at radius 2 is 2.18 bits per heavy atom. The van der Waals surface area contributed by atoms with Crippen LogP contribution in [0.3, 0.4) is 0 Å². The van der Waals surface area contributed by atoms with Gasteiger partial charge in [0.25, 0.3) is 0 Å². The van der Waals surface area contributed by atoms with Crippen LogP contribution in [-0.2, 0) is 4.79 Å². The number of nitrogens with one attached hydrogen (secondary N) is 1. The molecule has 1 N–H and O–H groups in total. The number of nitrogens with zero attached hydrogens (tertiary/aromatic N) is 1. The lowest BCUT2D eigenvalue weighted by Gasteiger charge is -2.38. The highest BCUT2D eigenvalue weighted by Gasteiger charge is 2.32. The molecule has 1 saturated heterocycles. The molecule has 0 saturated carbocycles. The number of carbonyl (C=O) groups is 1. The average Bonchev–Trinajstić information content (AvgIpc) is 2.25. The van der Waals surface area contributed by atoms with E-state index in [-0.39, 0.29) is 23.7 Å². The number of amides is 1. The van der Waals surface area contributed by atoms with Gasteiger partial charge in [0.15, 0.2) is 0 Å². The van der Waals surface area contributed by atoms with E-state index in [4.69, 9.17) is 11.6 Å². The quantitative estimate of drug-likeness (QED) is 0.836. The number of hydrogen-bond donors (Lipinski definition) is 1. The van der Waals surface area contributed by atoms with Gasteiger partial charge in [-0.1, -0.05) is 11.6 Å². The molecule has 0 radical (unpaired) electrons. The summed E-state index contributed by atoms with van der Waals surface area (Å²) in [6.45, 7) is 4.56. The van der Waals surface area contributed by atoms with Crippen LogP contribution in [0.15, 0.2) is 18.2 Å². The first-order valence-electron chi connectivity index (χ1n) is 5.39. The SMILES string of the molecule is CC1(C)CN(c2cc(Cl)ccc2F)C(=O)CN1.